The molecule has 0 radical (unpaired) electrons. The number of nitrogens with one attached hydrogen (secondary N) is 1. The first-order chi connectivity index (χ1) is 9.29. The molecule has 0 unspecified atom stereocenters. The van der Waals surface area contributed by atoms with Crippen LogP contribution in [0.1, 0.15) is 12.0 Å². The summed E-state index contributed by atoms with van der Waals surface area (Å²) >= 11 is 0. The minimum Gasteiger partial charge on any atom is -0.356 e. The number of nitrogens with zero attached hydrogens (tertiary/aromatic N) is 1. The molecule has 0 saturated carbocycles. The van der Waals surface area contributed by atoms with Crippen LogP contribution < -0.4 is 5.32 Å². The maximum absolute atomic E-state index is 11.6. The molecule has 20 heavy (non-hydrogen) atoms. The maximum atomic E-state index is 11.6. The first-order valence-electron chi connectivity index (χ1n) is 5.96. The fourth-order valence-corrected chi connectivity index (χ4v) is 2.30. The minimum absolute atomic E-state index is 0.00123. The van der Waals surface area contributed by atoms with E-state index >= 15 is 0 Å². The van der Waals surface area contributed by atoms with Gasteiger partial charge >= 0.3 is 0 Å². The van der Waals surface area contributed by atoms with Crippen molar-refractivity contribution in [2.45, 2.75) is 12.8 Å². The number of para-hydroxylation sites is 1. The first kappa shape index (κ1) is 16.1. The number of hydrogen-bond acceptors (Lipinski definition) is 5. The van der Waals surface area contributed by atoms with Gasteiger partial charge in [-0.05, 0) is 6.42 Å². The SMILES string of the molecule is CS(=O)(=O)CCCNC(=O)Cc1ccccc1[N+](=O)[O-]. The second-order valence-electron chi connectivity index (χ2n) is 4.40. The van der Waals surface area contributed by atoms with Crippen LogP contribution in [0.25, 0.3) is 0 Å². The maximum Gasteiger partial charge on any atom is 0.273 e. The van der Waals surface area contributed by atoms with E-state index < -0.39 is 14.8 Å². The number of benzene rings is 1. The zero-order valence-electron chi connectivity index (χ0n) is 11.0. The van der Waals surface area contributed by atoms with Gasteiger partial charge in [0.15, 0.2) is 0 Å². The summed E-state index contributed by atoms with van der Waals surface area (Å²) in [6, 6.07) is 6.02. The highest BCUT2D eigenvalue weighted by atomic mass is 32.2. The van der Waals surface area contributed by atoms with Crippen molar-refractivity contribution < 1.29 is 18.1 Å². The van der Waals surface area contributed by atoms with E-state index in [4.69, 9.17) is 0 Å². The van der Waals surface area contributed by atoms with E-state index in [9.17, 15) is 23.3 Å². The van der Waals surface area contributed by atoms with Crippen LogP contribution in [0.3, 0.4) is 0 Å². The van der Waals surface area contributed by atoms with Gasteiger partial charge in [-0.1, -0.05) is 18.2 Å². The van der Waals surface area contributed by atoms with Gasteiger partial charge in [-0.25, -0.2) is 8.42 Å². The lowest BCUT2D eigenvalue weighted by atomic mass is 10.1. The van der Waals surface area contributed by atoms with Gasteiger partial charge in [0.25, 0.3) is 5.69 Å². The second-order valence-corrected chi connectivity index (χ2v) is 6.66. The van der Waals surface area contributed by atoms with Gasteiger partial charge in [-0.3, -0.25) is 14.9 Å². The van der Waals surface area contributed by atoms with E-state index in [1.165, 1.54) is 18.2 Å². The molecule has 1 aromatic rings. The number of rotatable bonds is 7. The summed E-state index contributed by atoms with van der Waals surface area (Å²) in [4.78, 5) is 21.9. The van der Waals surface area contributed by atoms with E-state index in [2.05, 4.69) is 5.32 Å². The highest BCUT2D eigenvalue weighted by Gasteiger charge is 2.15. The topological polar surface area (TPSA) is 106 Å². The number of carbonyl (C=O) groups excluding carboxylic acids is 1. The van der Waals surface area contributed by atoms with E-state index in [1.807, 2.05) is 0 Å². The Morgan fingerprint density at radius 2 is 2.00 bits per heavy atom. The summed E-state index contributed by atoms with van der Waals surface area (Å²) in [6.07, 6.45) is 1.35. The molecule has 0 spiro atoms. The molecule has 1 amide bonds. The predicted octanol–water partition coefficient (Wildman–Crippen LogP) is 0.688. The average Bonchev–Trinajstić information content (AvgIpc) is 2.34. The fourth-order valence-electron chi connectivity index (χ4n) is 1.64. The molecule has 1 N–H and O–H groups in total. The normalized spacial score (nSPS) is 11.1. The number of sulfone groups is 1. The molecule has 8 heteroatoms. The Labute approximate surface area is 117 Å². The number of amides is 1. The average molecular weight is 300 g/mol. The summed E-state index contributed by atoms with van der Waals surface area (Å²) in [7, 11) is -3.04. The van der Waals surface area contributed by atoms with Gasteiger partial charge < -0.3 is 5.32 Å². The van der Waals surface area contributed by atoms with Gasteiger partial charge in [0.1, 0.15) is 9.84 Å². The summed E-state index contributed by atoms with van der Waals surface area (Å²) in [6.45, 7) is 0.229. The van der Waals surface area contributed by atoms with Crippen molar-refractivity contribution in [1.82, 2.24) is 5.32 Å². The van der Waals surface area contributed by atoms with Crippen LogP contribution in [0, 0.1) is 10.1 Å². The summed E-state index contributed by atoms with van der Waals surface area (Å²) in [5, 5.41) is 13.3. The zero-order chi connectivity index (χ0) is 15.2. The smallest absolute Gasteiger partial charge is 0.273 e. The van der Waals surface area contributed by atoms with Crippen molar-refractivity contribution >= 4 is 21.4 Å². The number of nitro groups is 1. The molecular formula is C12H16N2O5S. The van der Waals surface area contributed by atoms with Gasteiger partial charge in [0, 0.05) is 24.4 Å². The van der Waals surface area contributed by atoms with E-state index in [1.54, 1.807) is 6.07 Å². The lowest BCUT2D eigenvalue weighted by Gasteiger charge is -2.05. The molecule has 0 saturated heterocycles. The van der Waals surface area contributed by atoms with Crippen LogP contribution in [-0.2, 0) is 21.1 Å². The van der Waals surface area contributed by atoms with Gasteiger partial charge in [0.05, 0.1) is 17.1 Å². The molecule has 110 valence electrons. The van der Waals surface area contributed by atoms with Crippen LogP contribution in [0.5, 0.6) is 0 Å². The molecule has 0 fully saturated rings. The standard InChI is InChI=1S/C12H16N2O5S/c1-20(18,19)8-4-7-13-12(15)9-10-5-2-3-6-11(10)14(16)17/h2-3,5-6H,4,7-9H2,1H3,(H,13,15). The quantitative estimate of drug-likeness (QED) is 0.453. The first-order valence-corrected chi connectivity index (χ1v) is 8.02. The zero-order valence-corrected chi connectivity index (χ0v) is 11.9. The Hall–Kier alpha value is -1.96. The highest BCUT2D eigenvalue weighted by Crippen LogP contribution is 2.17. The Kier molecular flexibility index (Phi) is 5.63. The largest absolute Gasteiger partial charge is 0.356 e. The molecule has 0 bridgehead atoms. The molecule has 1 aromatic carbocycles. The molecule has 0 aliphatic heterocycles. The third-order valence-electron chi connectivity index (χ3n) is 2.55. The predicted molar refractivity (Wildman–Crippen MR) is 74.1 cm³/mol. The molecule has 0 aliphatic rings. The summed E-state index contributed by atoms with van der Waals surface area (Å²) in [5.41, 5.74) is 0.233. The van der Waals surface area contributed by atoms with Crippen LogP contribution in [0.4, 0.5) is 5.69 Å². The molecule has 7 nitrogen and oxygen atoms in total. The monoisotopic (exact) mass is 300 g/mol. The Bertz CT molecular complexity index is 598. The molecule has 1 rings (SSSR count). The van der Waals surface area contributed by atoms with E-state index in [0.29, 0.717) is 12.0 Å². The molecule has 0 heterocycles. The van der Waals surface area contributed by atoms with Crippen molar-refractivity contribution in [1.29, 1.82) is 0 Å². The Morgan fingerprint density at radius 1 is 1.35 bits per heavy atom. The molecule has 0 atom stereocenters. The lowest BCUT2D eigenvalue weighted by molar-refractivity contribution is -0.385. The molecular weight excluding hydrogens is 284 g/mol. The van der Waals surface area contributed by atoms with Crippen molar-refractivity contribution in [2.75, 3.05) is 18.6 Å². The highest BCUT2D eigenvalue weighted by molar-refractivity contribution is 7.90. The number of carbonyl (C=O) groups is 1. The van der Waals surface area contributed by atoms with Crippen LogP contribution in [0.2, 0.25) is 0 Å². The van der Waals surface area contributed by atoms with Crippen LogP contribution in [0.15, 0.2) is 24.3 Å². The van der Waals surface area contributed by atoms with Gasteiger partial charge in [0.2, 0.25) is 5.91 Å². The van der Waals surface area contributed by atoms with Crippen molar-refractivity contribution in [3.8, 4) is 0 Å². The second kappa shape index (κ2) is 6.99. The van der Waals surface area contributed by atoms with Crippen molar-refractivity contribution in [2.24, 2.45) is 0 Å². The number of hydrogen-bond donors (Lipinski definition) is 1. The summed E-state index contributed by atoms with van der Waals surface area (Å²) < 4.78 is 21.8. The third kappa shape index (κ3) is 5.79. The molecule has 0 aromatic heterocycles. The summed E-state index contributed by atoms with van der Waals surface area (Å²) in [5.74, 6) is -0.369. The van der Waals surface area contributed by atoms with E-state index in [-0.39, 0.29) is 30.3 Å². The van der Waals surface area contributed by atoms with Crippen LogP contribution >= 0.6 is 0 Å². The van der Waals surface area contributed by atoms with Gasteiger partial charge in [-0.2, -0.15) is 0 Å². The van der Waals surface area contributed by atoms with E-state index in [0.717, 1.165) is 6.26 Å². The minimum atomic E-state index is -3.04. The van der Waals surface area contributed by atoms with Gasteiger partial charge in [-0.15, -0.1) is 0 Å². The fraction of sp³-hybridized carbons (Fsp3) is 0.417. The lowest BCUT2D eigenvalue weighted by Crippen LogP contribution is -2.27. The van der Waals surface area contributed by atoms with Crippen molar-refractivity contribution in [3.63, 3.8) is 0 Å². The van der Waals surface area contributed by atoms with Crippen LogP contribution in [-0.4, -0.2) is 37.8 Å². The number of nitro benzene ring substituents is 1. The third-order valence-corrected chi connectivity index (χ3v) is 3.58. The Balaban J connectivity index is 2.49. The van der Waals surface area contributed by atoms with Crippen molar-refractivity contribution in [3.05, 3.63) is 39.9 Å². The Morgan fingerprint density at radius 3 is 2.60 bits per heavy atom. The molecule has 0 aliphatic carbocycles.